The molecule has 1 aliphatic heterocycles. The van der Waals surface area contributed by atoms with E-state index in [9.17, 15) is 4.79 Å². The Bertz CT molecular complexity index is 1020. The average molecular weight is 445 g/mol. The normalized spacial score (nSPS) is 14.7. The van der Waals surface area contributed by atoms with Gasteiger partial charge in [-0.2, -0.15) is 5.10 Å². The summed E-state index contributed by atoms with van der Waals surface area (Å²) in [7, 11) is 1.71. The van der Waals surface area contributed by atoms with Crippen molar-refractivity contribution in [1.29, 1.82) is 0 Å². The molecule has 0 bridgehead atoms. The van der Waals surface area contributed by atoms with E-state index in [1.807, 2.05) is 39.0 Å². The van der Waals surface area contributed by atoms with Gasteiger partial charge in [0.1, 0.15) is 11.0 Å². The number of carbonyl (C=O) groups is 1. The highest BCUT2D eigenvalue weighted by Crippen LogP contribution is 2.21. The van der Waals surface area contributed by atoms with E-state index in [0.29, 0.717) is 11.7 Å². The molecule has 0 spiro atoms. The third-order valence-electron chi connectivity index (χ3n) is 4.97. The fourth-order valence-corrected chi connectivity index (χ4v) is 3.21. The van der Waals surface area contributed by atoms with E-state index in [4.69, 9.17) is 21.3 Å². The molecule has 0 saturated carbocycles. The minimum absolute atomic E-state index is 0.0417. The van der Waals surface area contributed by atoms with Gasteiger partial charge in [0.25, 0.3) is 0 Å². The lowest BCUT2D eigenvalue weighted by atomic mass is 10.2. The summed E-state index contributed by atoms with van der Waals surface area (Å²) in [5, 5.41) is 5.75. The lowest BCUT2D eigenvalue weighted by Crippen LogP contribution is -2.30. The Balaban J connectivity index is 0.000000401. The molecule has 0 unspecified atom stereocenters. The van der Waals surface area contributed by atoms with Gasteiger partial charge in [0.2, 0.25) is 6.41 Å². The van der Waals surface area contributed by atoms with Crippen molar-refractivity contribution in [2.24, 2.45) is 0 Å². The van der Waals surface area contributed by atoms with Gasteiger partial charge >= 0.3 is 0 Å². The number of methoxy groups -OCH3 is 1. The highest BCUT2D eigenvalue weighted by molar-refractivity contribution is 6.30. The molecule has 0 radical (unpaired) electrons. The zero-order valence-electron chi connectivity index (χ0n) is 18.5. The summed E-state index contributed by atoms with van der Waals surface area (Å²) in [5.74, 6) is 1.61. The number of rotatable bonds is 3. The van der Waals surface area contributed by atoms with Gasteiger partial charge in [-0.05, 0) is 39.3 Å². The maximum atomic E-state index is 11.0. The van der Waals surface area contributed by atoms with Crippen molar-refractivity contribution in [2.75, 3.05) is 38.2 Å². The Labute approximate surface area is 187 Å². The molecule has 1 amide bonds. The Hall–Kier alpha value is -2.71. The quantitative estimate of drug-likeness (QED) is 0.454. The number of nitrogens with zero attached hydrogens (tertiary/aromatic N) is 6. The molecular formula is C22H29ClN6O2. The number of amides is 1. The van der Waals surface area contributed by atoms with Crippen LogP contribution in [0.1, 0.15) is 27.2 Å². The molecule has 9 heteroatoms. The molecule has 0 aromatic carbocycles. The largest absolute Gasteiger partial charge is 0.379 e. The van der Waals surface area contributed by atoms with E-state index in [2.05, 4.69) is 15.0 Å². The highest BCUT2D eigenvalue weighted by atomic mass is 35.5. The SMILES string of the molecule is COC(C)(C)C.O=CN1CCCN(c2cccc(-n3ncc4cnc(Cl)cc43)n2)CC1. The van der Waals surface area contributed by atoms with Crippen molar-refractivity contribution in [3.63, 3.8) is 0 Å². The van der Waals surface area contributed by atoms with Crippen LogP contribution in [0.15, 0.2) is 36.7 Å². The Morgan fingerprint density at radius 3 is 2.55 bits per heavy atom. The van der Waals surface area contributed by atoms with Crippen molar-refractivity contribution in [3.8, 4) is 5.82 Å². The summed E-state index contributed by atoms with van der Waals surface area (Å²) >= 11 is 6.02. The Morgan fingerprint density at radius 1 is 1.10 bits per heavy atom. The van der Waals surface area contributed by atoms with Crippen LogP contribution in [-0.4, -0.2) is 69.9 Å². The maximum absolute atomic E-state index is 11.0. The van der Waals surface area contributed by atoms with Gasteiger partial charge < -0.3 is 14.5 Å². The van der Waals surface area contributed by atoms with E-state index in [0.717, 1.165) is 55.0 Å². The highest BCUT2D eigenvalue weighted by Gasteiger charge is 2.16. The predicted molar refractivity (Wildman–Crippen MR) is 123 cm³/mol. The van der Waals surface area contributed by atoms with Gasteiger partial charge in [-0.15, -0.1) is 0 Å². The first-order chi connectivity index (χ1) is 14.8. The summed E-state index contributed by atoms with van der Waals surface area (Å²) in [6.45, 7) is 9.20. The van der Waals surface area contributed by atoms with Gasteiger partial charge in [0.05, 0.1) is 17.3 Å². The number of hydrogen-bond acceptors (Lipinski definition) is 6. The lowest BCUT2D eigenvalue weighted by Gasteiger charge is -2.22. The first-order valence-electron chi connectivity index (χ1n) is 10.3. The standard InChI is InChI=1S/C17H17ClN6O.C5H12O/c18-15-9-14-13(10-19-15)11-20-24(14)17-4-1-3-16(21-17)23-6-2-5-22(12-25)7-8-23;1-5(2,3)6-4/h1,3-4,9-12H,2,5-8H2;1-4H3. The summed E-state index contributed by atoms with van der Waals surface area (Å²) < 4.78 is 6.70. The fraction of sp³-hybridized carbons (Fsp3) is 0.455. The Morgan fingerprint density at radius 2 is 1.84 bits per heavy atom. The second kappa shape index (κ2) is 10.1. The van der Waals surface area contributed by atoms with Crippen molar-refractivity contribution in [2.45, 2.75) is 32.8 Å². The minimum atomic E-state index is 0.0417. The maximum Gasteiger partial charge on any atom is 0.209 e. The zero-order chi connectivity index (χ0) is 22.4. The molecule has 4 heterocycles. The number of aromatic nitrogens is 4. The molecule has 3 aromatic heterocycles. The molecule has 31 heavy (non-hydrogen) atoms. The van der Waals surface area contributed by atoms with Crippen LogP contribution in [0.5, 0.6) is 0 Å². The van der Waals surface area contributed by atoms with Crippen LogP contribution >= 0.6 is 11.6 Å². The minimum Gasteiger partial charge on any atom is -0.379 e. The van der Waals surface area contributed by atoms with E-state index in [1.165, 1.54) is 0 Å². The molecule has 3 aromatic rings. The van der Waals surface area contributed by atoms with Gasteiger partial charge in [0, 0.05) is 50.9 Å². The van der Waals surface area contributed by atoms with Crippen LogP contribution < -0.4 is 4.90 Å². The molecule has 1 fully saturated rings. The molecule has 8 nitrogen and oxygen atoms in total. The molecular weight excluding hydrogens is 416 g/mol. The number of hydrogen-bond donors (Lipinski definition) is 0. The molecule has 0 N–H and O–H groups in total. The van der Waals surface area contributed by atoms with E-state index in [1.54, 1.807) is 35.2 Å². The first-order valence-corrected chi connectivity index (χ1v) is 10.6. The molecule has 4 rings (SSSR count). The third kappa shape index (κ3) is 6.15. The number of carbonyl (C=O) groups excluding carboxylic acids is 1. The van der Waals surface area contributed by atoms with Crippen molar-refractivity contribution < 1.29 is 9.53 Å². The van der Waals surface area contributed by atoms with Crippen molar-refractivity contribution in [1.82, 2.24) is 24.6 Å². The monoisotopic (exact) mass is 444 g/mol. The molecule has 1 aliphatic rings. The van der Waals surface area contributed by atoms with Crippen LogP contribution in [0.3, 0.4) is 0 Å². The van der Waals surface area contributed by atoms with E-state index in [-0.39, 0.29) is 5.60 Å². The summed E-state index contributed by atoms with van der Waals surface area (Å²) in [6, 6.07) is 7.66. The van der Waals surface area contributed by atoms with E-state index >= 15 is 0 Å². The molecule has 166 valence electrons. The zero-order valence-corrected chi connectivity index (χ0v) is 19.2. The Kier molecular flexibility index (Phi) is 7.46. The average Bonchev–Trinajstić information content (AvgIpc) is 3.01. The van der Waals surface area contributed by atoms with Crippen LogP contribution in [0.2, 0.25) is 5.15 Å². The number of anilines is 1. The summed E-state index contributed by atoms with van der Waals surface area (Å²) in [5.41, 5.74) is 0.910. The molecule has 0 atom stereocenters. The lowest BCUT2D eigenvalue weighted by molar-refractivity contribution is -0.117. The van der Waals surface area contributed by atoms with Gasteiger partial charge in [-0.3, -0.25) is 4.79 Å². The predicted octanol–water partition coefficient (Wildman–Crippen LogP) is 3.57. The summed E-state index contributed by atoms with van der Waals surface area (Å²) in [6.07, 6.45) is 5.30. The van der Waals surface area contributed by atoms with E-state index < -0.39 is 0 Å². The number of halogens is 1. The fourth-order valence-electron chi connectivity index (χ4n) is 3.06. The van der Waals surface area contributed by atoms with Crippen LogP contribution in [0.25, 0.3) is 16.7 Å². The molecule has 1 saturated heterocycles. The second-order valence-electron chi connectivity index (χ2n) is 8.27. The van der Waals surface area contributed by atoms with Gasteiger partial charge in [-0.25, -0.2) is 14.6 Å². The number of pyridine rings is 2. The van der Waals surface area contributed by atoms with Crippen LogP contribution in [0, 0.1) is 0 Å². The summed E-state index contributed by atoms with van der Waals surface area (Å²) in [4.78, 5) is 23.8. The molecule has 0 aliphatic carbocycles. The number of ether oxygens (including phenoxy) is 1. The first kappa shape index (κ1) is 23.0. The van der Waals surface area contributed by atoms with Crippen LogP contribution in [-0.2, 0) is 9.53 Å². The smallest absolute Gasteiger partial charge is 0.209 e. The van der Waals surface area contributed by atoms with Crippen LogP contribution in [0.4, 0.5) is 5.82 Å². The topological polar surface area (TPSA) is 76.4 Å². The number of fused-ring (bicyclic) bond motifs is 1. The van der Waals surface area contributed by atoms with Gasteiger partial charge in [-0.1, -0.05) is 17.7 Å². The third-order valence-corrected chi connectivity index (χ3v) is 5.18. The van der Waals surface area contributed by atoms with Crippen molar-refractivity contribution >= 4 is 34.7 Å². The van der Waals surface area contributed by atoms with Gasteiger partial charge in [0.15, 0.2) is 5.82 Å². The second-order valence-corrected chi connectivity index (χ2v) is 8.66. The van der Waals surface area contributed by atoms with Crippen molar-refractivity contribution in [3.05, 3.63) is 41.8 Å².